The van der Waals surface area contributed by atoms with Crippen molar-refractivity contribution in [2.45, 2.75) is 84.0 Å². The van der Waals surface area contributed by atoms with Gasteiger partial charge in [0, 0.05) is 0 Å². The second-order valence-corrected chi connectivity index (χ2v) is 8.41. The van der Waals surface area contributed by atoms with E-state index in [2.05, 4.69) is 6.92 Å². The lowest BCUT2D eigenvalue weighted by atomic mass is 9.61. The van der Waals surface area contributed by atoms with Crippen LogP contribution in [0.15, 0.2) is 11.8 Å². The van der Waals surface area contributed by atoms with E-state index in [1.54, 1.807) is 38.4 Å². The quantitative estimate of drug-likeness (QED) is 0.551. The molecule has 0 radical (unpaired) electrons. The summed E-state index contributed by atoms with van der Waals surface area (Å²) in [6.07, 6.45) is 19.6. The Morgan fingerprint density at radius 2 is 1.50 bits per heavy atom. The lowest BCUT2D eigenvalue weighted by molar-refractivity contribution is 0.0661. The summed E-state index contributed by atoms with van der Waals surface area (Å²) in [5.41, 5.74) is 1.55. The van der Waals surface area contributed by atoms with Crippen molar-refractivity contribution in [3.05, 3.63) is 11.8 Å². The summed E-state index contributed by atoms with van der Waals surface area (Å²) in [5, 5.41) is 0. The molecular weight excluding hydrogens is 268 g/mol. The van der Waals surface area contributed by atoms with E-state index in [9.17, 15) is 0 Å². The maximum absolute atomic E-state index is 5.20. The van der Waals surface area contributed by atoms with Gasteiger partial charge in [0.05, 0.1) is 13.4 Å². The molecule has 126 valence electrons. The van der Waals surface area contributed by atoms with Crippen molar-refractivity contribution in [3.8, 4) is 0 Å². The van der Waals surface area contributed by atoms with Gasteiger partial charge in [0.1, 0.15) is 0 Å². The minimum atomic E-state index is 1.02. The number of rotatable bonds is 4. The van der Waals surface area contributed by atoms with Crippen molar-refractivity contribution in [2.24, 2.45) is 29.6 Å². The summed E-state index contributed by atoms with van der Waals surface area (Å²) in [4.78, 5) is 0. The first kappa shape index (κ1) is 16.4. The summed E-state index contributed by atoms with van der Waals surface area (Å²) in [6.45, 7) is 2.36. The maximum Gasteiger partial charge on any atom is 0.0816 e. The Kier molecular flexibility index (Phi) is 5.88. The van der Waals surface area contributed by atoms with Crippen LogP contribution in [0.3, 0.4) is 0 Å². The third-order valence-corrected chi connectivity index (χ3v) is 7.08. The Hall–Kier alpha value is -0.460. The largest absolute Gasteiger partial charge is 0.504 e. The SMILES string of the molecule is CCCC1CCC2CC(C3CCC(=COC)CC3)CCC2C1. The van der Waals surface area contributed by atoms with Crippen LogP contribution in [0.25, 0.3) is 0 Å². The molecule has 3 aliphatic carbocycles. The van der Waals surface area contributed by atoms with Gasteiger partial charge in [-0.3, -0.25) is 0 Å². The molecule has 1 nitrogen and oxygen atoms in total. The van der Waals surface area contributed by atoms with Gasteiger partial charge in [0.15, 0.2) is 0 Å². The summed E-state index contributed by atoms with van der Waals surface area (Å²) in [6, 6.07) is 0. The van der Waals surface area contributed by atoms with Gasteiger partial charge in [0.2, 0.25) is 0 Å². The lowest BCUT2D eigenvalue weighted by Gasteiger charge is -2.45. The third-order valence-electron chi connectivity index (χ3n) is 7.08. The zero-order chi connectivity index (χ0) is 15.4. The summed E-state index contributed by atoms with van der Waals surface area (Å²) >= 11 is 0. The van der Waals surface area contributed by atoms with E-state index < -0.39 is 0 Å². The molecule has 0 aromatic heterocycles. The second kappa shape index (κ2) is 7.88. The second-order valence-electron chi connectivity index (χ2n) is 8.41. The molecule has 0 heterocycles. The van der Waals surface area contributed by atoms with Crippen molar-refractivity contribution in [3.63, 3.8) is 0 Å². The van der Waals surface area contributed by atoms with Gasteiger partial charge >= 0.3 is 0 Å². The molecule has 22 heavy (non-hydrogen) atoms. The molecule has 0 saturated heterocycles. The molecule has 0 aromatic carbocycles. The van der Waals surface area contributed by atoms with E-state index in [1.807, 2.05) is 6.26 Å². The molecule has 3 fully saturated rings. The van der Waals surface area contributed by atoms with Crippen molar-refractivity contribution in [1.29, 1.82) is 0 Å². The predicted octanol–water partition coefficient (Wildman–Crippen LogP) is 6.34. The van der Waals surface area contributed by atoms with Gasteiger partial charge in [-0.25, -0.2) is 0 Å². The van der Waals surface area contributed by atoms with Crippen LogP contribution in [0.5, 0.6) is 0 Å². The van der Waals surface area contributed by atoms with Crippen LogP contribution in [0.4, 0.5) is 0 Å². The fraction of sp³-hybridized carbons (Fsp3) is 0.905. The number of fused-ring (bicyclic) bond motifs is 1. The smallest absolute Gasteiger partial charge is 0.0816 e. The van der Waals surface area contributed by atoms with E-state index in [-0.39, 0.29) is 0 Å². The molecule has 4 unspecified atom stereocenters. The van der Waals surface area contributed by atoms with Gasteiger partial charge in [0.25, 0.3) is 0 Å². The van der Waals surface area contributed by atoms with Crippen LogP contribution >= 0.6 is 0 Å². The average molecular weight is 305 g/mol. The molecule has 1 heteroatoms. The van der Waals surface area contributed by atoms with Crippen molar-refractivity contribution in [2.75, 3.05) is 7.11 Å². The highest BCUT2D eigenvalue weighted by Crippen LogP contribution is 2.49. The topological polar surface area (TPSA) is 9.23 Å². The molecule has 0 N–H and O–H groups in total. The van der Waals surface area contributed by atoms with Gasteiger partial charge in [-0.05, 0) is 93.0 Å². The van der Waals surface area contributed by atoms with Crippen molar-refractivity contribution >= 4 is 0 Å². The van der Waals surface area contributed by atoms with Gasteiger partial charge < -0.3 is 4.74 Å². The van der Waals surface area contributed by atoms with Crippen LogP contribution < -0.4 is 0 Å². The zero-order valence-corrected chi connectivity index (χ0v) is 14.9. The van der Waals surface area contributed by atoms with Crippen LogP contribution in [-0.4, -0.2) is 7.11 Å². The number of ether oxygens (including phenoxy) is 1. The predicted molar refractivity (Wildman–Crippen MR) is 93.6 cm³/mol. The standard InChI is InChI=1S/C21H36O/c1-3-4-16-5-10-21-14-20(12-11-19(21)13-16)18-8-6-17(7-9-18)15-22-2/h15-16,18-21H,3-14H2,1-2H3. The third kappa shape index (κ3) is 3.89. The minimum Gasteiger partial charge on any atom is -0.504 e. The Morgan fingerprint density at radius 1 is 0.864 bits per heavy atom. The highest BCUT2D eigenvalue weighted by Gasteiger charge is 2.38. The monoisotopic (exact) mass is 304 g/mol. The van der Waals surface area contributed by atoms with Gasteiger partial charge in [-0.15, -0.1) is 0 Å². The molecular formula is C21H36O. The average Bonchev–Trinajstić information content (AvgIpc) is 2.56. The van der Waals surface area contributed by atoms with E-state index >= 15 is 0 Å². The number of methoxy groups -OCH3 is 1. The van der Waals surface area contributed by atoms with Gasteiger partial charge in [-0.2, -0.15) is 0 Å². The molecule has 3 rings (SSSR count). The van der Waals surface area contributed by atoms with Gasteiger partial charge in [-0.1, -0.05) is 26.2 Å². The highest BCUT2D eigenvalue weighted by molar-refractivity contribution is 5.03. The van der Waals surface area contributed by atoms with Crippen LogP contribution in [0, 0.1) is 29.6 Å². The first-order chi connectivity index (χ1) is 10.8. The molecule has 3 saturated carbocycles. The fourth-order valence-electron chi connectivity index (χ4n) is 5.89. The maximum atomic E-state index is 5.20. The van der Waals surface area contributed by atoms with Crippen LogP contribution in [0.1, 0.15) is 84.0 Å². The first-order valence-electron chi connectivity index (χ1n) is 10.0. The van der Waals surface area contributed by atoms with Crippen molar-refractivity contribution < 1.29 is 4.74 Å². The molecule has 0 aromatic rings. The molecule has 0 spiro atoms. The lowest BCUT2D eigenvalue weighted by Crippen LogP contribution is -2.34. The van der Waals surface area contributed by atoms with E-state index in [0.717, 1.165) is 29.6 Å². The summed E-state index contributed by atoms with van der Waals surface area (Å²) < 4.78 is 5.20. The first-order valence-corrected chi connectivity index (χ1v) is 10.0. The van der Waals surface area contributed by atoms with Crippen molar-refractivity contribution in [1.82, 2.24) is 0 Å². The zero-order valence-electron chi connectivity index (χ0n) is 14.9. The molecule has 0 bridgehead atoms. The highest BCUT2D eigenvalue weighted by atomic mass is 16.5. The molecule has 3 aliphatic rings. The fourth-order valence-corrected chi connectivity index (χ4v) is 5.89. The molecule has 4 atom stereocenters. The Morgan fingerprint density at radius 3 is 2.18 bits per heavy atom. The number of hydrogen-bond donors (Lipinski definition) is 0. The van der Waals surface area contributed by atoms with E-state index in [4.69, 9.17) is 4.74 Å². The Balaban J connectivity index is 1.48. The summed E-state index contributed by atoms with van der Waals surface area (Å²) in [5.74, 6) is 5.31. The van der Waals surface area contributed by atoms with E-state index in [0.29, 0.717) is 0 Å². The normalized spacial score (nSPS) is 39.2. The molecule has 0 amide bonds. The van der Waals surface area contributed by atoms with Crippen LogP contribution in [0.2, 0.25) is 0 Å². The number of allylic oxidation sites excluding steroid dienone is 1. The Labute approximate surface area is 137 Å². The summed E-state index contributed by atoms with van der Waals surface area (Å²) in [7, 11) is 1.79. The Bertz CT molecular complexity index is 362. The molecule has 0 aliphatic heterocycles. The minimum absolute atomic E-state index is 1.02. The van der Waals surface area contributed by atoms with Crippen LogP contribution in [-0.2, 0) is 4.74 Å². The number of hydrogen-bond acceptors (Lipinski definition) is 1. The van der Waals surface area contributed by atoms with E-state index in [1.165, 1.54) is 51.4 Å².